The molecule has 1 heteroatoms. The van der Waals surface area contributed by atoms with Crippen LogP contribution in [0.5, 0.6) is 0 Å². The first-order chi connectivity index (χ1) is 10.1. The second-order valence-corrected chi connectivity index (χ2v) is 4.78. The molecule has 0 radical (unpaired) electrons. The smallest absolute Gasteiger partial charge is 0.0437 e. The lowest BCUT2D eigenvalue weighted by molar-refractivity contribution is 0.162. The standard InChI is InChI=1S/C4H10O.4C4H10/c1-3-5-4-2;4*1-3-4-2/h3-4H2,1-2H3;4*3-4H2,1-2H3. The van der Waals surface area contributed by atoms with Gasteiger partial charge in [0, 0.05) is 13.2 Å². The molecule has 1 nitrogen and oxygen atoms in total. The average molecular weight is 307 g/mol. The molecule has 0 saturated heterocycles. The monoisotopic (exact) mass is 306 g/mol. The van der Waals surface area contributed by atoms with E-state index in [9.17, 15) is 0 Å². The Morgan fingerprint density at radius 2 is 0.476 bits per heavy atom. The number of rotatable bonds is 6. The van der Waals surface area contributed by atoms with E-state index < -0.39 is 0 Å². The first-order valence-electron chi connectivity index (χ1n) is 9.65. The maximum atomic E-state index is 4.83. The zero-order valence-corrected chi connectivity index (χ0v) is 17.5. The molecule has 0 aromatic carbocycles. The molecule has 0 aromatic rings. The fraction of sp³-hybridized carbons (Fsp3) is 1.00. The van der Waals surface area contributed by atoms with Gasteiger partial charge in [-0.25, -0.2) is 0 Å². The molecule has 136 valence electrons. The van der Waals surface area contributed by atoms with E-state index in [1.54, 1.807) is 0 Å². The third-order valence-electron chi connectivity index (χ3n) is 2.41. The number of ether oxygens (including phenoxy) is 1. The van der Waals surface area contributed by atoms with E-state index in [1.807, 2.05) is 13.8 Å². The molecule has 0 spiro atoms. The fourth-order valence-electron chi connectivity index (χ4n) is 0.204. The summed E-state index contributed by atoms with van der Waals surface area (Å²) >= 11 is 0. The number of unbranched alkanes of at least 4 members (excludes halogenated alkanes) is 4. The highest BCUT2D eigenvalue weighted by Crippen LogP contribution is 1.78. The van der Waals surface area contributed by atoms with Gasteiger partial charge in [-0.3, -0.25) is 0 Å². The summed E-state index contributed by atoms with van der Waals surface area (Å²) in [6, 6.07) is 0. The van der Waals surface area contributed by atoms with Crippen molar-refractivity contribution in [2.75, 3.05) is 13.2 Å². The minimum absolute atomic E-state index is 0.844. The summed E-state index contributed by atoms with van der Waals surface area (Å²) < 4.78 is 4.83. The Morgan fingerprint density at radius 1 is 0.333 bits per heavy atom. The van der Waals surface area contributed by atoms with E-state index in [-0.39, 0.29) is 0 Å². The zero-order chi connectivity index (χ0) is 17.8. The van der Waals surface area contributed by atoms with Gasteiger partial charge in [0.1, 0.15) is 0 Å². The normalized spacial score (nSPS) is 7.71. The predicted octanol–water partition coefficient (Wildman–Crippen LogP) is 8.27. The lowest BCUT2D eigenvalue weighted by Gasteiger charge is -1.86. The second kappa shape index (κ2) is 59.7. The Hall–Kier alpha value is -0.0400. The van der Waals surface area contributed by atoms with Crippen molar-refractivity contribution in [2.45, 2.75) is 121 Å². The molecule has 0 heterocycles. The van der Waals surface area contributed by atoms with Crippen LogP contribution in [0.4, 0.5) is 0 Å². The van der Waals surface area contributed by atoms with Crippen LogP contribution in [-0.4, -0.2) is 13.2 Å². The van der Waals surface area contributed by atoms with Crippen LogP contribution in [0.15, 0.2) is 0 Å². The molecule has 0 aliphatic heterocycles. The van der Waals surface area contributed by atoms with E-state index in [2.05, 4.69) is 55.4 Å². The highest BCUT2D eigenvalue weighted by molar-refractivity contribution is 4.13. The van der Waals surface area contributed by atoms with Crippen LogP contribution in [0.2, 0.25) is 0 Å². The summed E-state index contributed by atoms with van der Waals surface area (Å²) in [5, 5.41) is 0. The van der Waals surface area contributed by atoms with Crippen molar-refractivity contribution in [3.05, 3.63) is 0 Å². The molecule has 0 amide bonds. The Kier molecular flexibility index (Phi) is 93.2. The average Bonchev–Trinajstić information content (AvgIpc) is 2.56. The van der Waals surface area contributed by atoms with Gasteiger partial charge in [0.05, 0.1) is 0 Å². The Labute approximate surface area is 139 Å². The highest BCUT2D eigenvalue weighted by atomic mass is 16.5. The van der Waals surface area contributed by atoms with Gasteiger partial charge in [0.15, 0.2) is 0 Å². The van der Waals surface area contributed by atoms with E-state index in [0.29, 0.717) is 0 Å². The summed E-state index contributed by atoms with van der Waals surface area (Å²) in [4.78, 5) is 0. The van der Waals surface area contributed by atoms with Crippen molar-refractivity contribution in [1.82, 2.24) is 0 Å². The SMILES string of the molecule is CCCC.CCCC.CCCC.CCCC.CCOCC. The lowest BCUT2D eigenvalue weighted by atomic mass is 10.4. The van der Waals surface area contributed by atoms with E-state index >= 15 is 0 Å². The van der Waals surface area contributed by atoms with Crippen molar-refractivity contribution >= 4 is 0 Å². The van der Waals surface area contributed by atoms with Crippen LogP contribution in [0, 0.1) is 0 Å². The minimum Gasteiger partial charge on any atom is -0.382 e. The summed E-state index contributed by atoms with van der Waals surface area (Å²) in [6.45, 7) is 23.1. The van der Waals surface area contributed by atoms with E-state index in [4.69, 9.17) is 4.74 Å². The maximum absolute atomic E-state index is 4.83. The van der Waals surface area contributed by atoms with Gasteiger partial charge in [-0.1, -0.05) is 107 Å². The summed E-state index contributed by atoms with van der Waals surface area (Å²) in [5.41, 5.74) is 0. The molecule has 0 unspecified atom stereocenters. The first-order valence-corrected chi connectivity index (χ1v) is 9.65. The number of hydrogen-bond acceptors (Lipinski definition) is 1. The molecule has 0 atom stereocenters. The predicted molar refractivity (Wildman–Crippen MR) is 104 cm³/mol. The maximum Gasteiger partial charge on any atom is 0.0437 e. The molecule has 0 saturated carbocycles. The summed E-state index contributed by atoms with van der Waals surface area (Å²) in [5.74, 6) is 0. The Morgan fingerprint density at radius 3 is 0.476 bits per heavy atom. The molecule has 0 rings (SSSR count). The molecular formula is C20H50O. The van der Waals surface area contributed by atoms with Gasteiger partial charge in [0.2, 0.25) is 0 Å². The van der Waals surface area contributed by atoms with Gasteiger partial charge in [-0.05, 0) is 13.8 Å². The molecule has 0 bridgehead atoms. The van der Waals surface area contributed by atoms with Crippen LogP contribution in [0.25, 0.3) is 0 Å². The highest BCUT2D eigenvalue weighted by Gasteiger charge is 1.64. The summed E-state index contributed by atoms with van der Waals surface area (Å²) in [6.07, 6.45) is 10.6. The largest absolute Gasteiger partial charge is 0.382 e. The summed E-state index contributed by atoms with van der Waals surface area (Å²) in [7, 11) is 0. The van der Waals surface area contributed by atoms with Gasteiger partial charge in [-0.2, -0.15) is 0 Å². The fourth-order valence-corrected chi connectivity index (χ4v) is 0.204. The van der Waals surface area contributed by atoms with Crippen molar-refractivity contribution in [2.24, 2.45) is 0 Å². The molecule has 0 aliphatic carbocycles. The van der Waals surface area contributed by atoms with Gasteiger partial charge in [-0.15, -0.1) is 0 Å². The third kappa shape index (κ3) is 181. The first kappa shape index (κ1) is 32.8. The van der Waals surface area contributed by atoms with Gasteiger partial charge >= 0.3 is 0 Å². The molecule has 0 aliphatic rings. The Balaban J connectivity index is -0.0000000510. The van der Waals surface area contributed by atoms with Gasteiger partial charge < -0.3 is 4.74 Å². The topological polar surface area (TPSA) is 9.23 Å². The van der Waals surface area contributed by atoms with Crippen molar-refractivity contribution in [1.29, 1.82) is 0 Å². The van der Waals surface area contributed by atoms with E-state index in [1.165, 1.54) is 51.4 Å². The minimum atomic E-state index is 0.844. The van der Waals surface area contributed by atoms with Crippen LogP contribution in [0.3, 0.4) is 0 Å². The van der Waals surface area contributed by atoms with Crippen LogP contribution < -0.4 is 0 Å². The molecular weight excluding hydrogens is 256 g/mol. The van der Waals surface area contributed by atoms with Crippen molar-refractivity contribution < 1.29 is 4.74 Å². The zero-order valence-electron chi connectivity index (χ0n) is 17.5. The van der Waals surface area contributed by atoms with Crippen LogP contribution in [-0.2, 0) is 4.74 Å². The lowest BCUT2D eigenvalue weighted by Crippen LogP contribution is -1.84. The molecule has 21 heavy (non-hydrogen) atoms. The van der Waals surface area contributed by atoms with Crippen LogP contribution in [0.1, 0.15) is 121 Å². The third-order valence-corrected chi connectivity index (χ3v) is 2.41. The van der Waals surface area contributed by atoms with Crippen LogP contribution >= 0.6 is 0 Å². The van der Waals surface area contributed by atoms with Crippen molar-refractivity contribution in [3.63, 3.8) is 0 Å². The van der Waals surface area contributed by atoms with E-state index in [0.717, 1.165) is 13.2 Å². The second-order valence-electron chi connectivity index (χ2n) is 4.78. The Bertz CT molecular complexity index is 55.9. The quantitative estimate of drug-likeness (QED) is 0.479. The van der Waals surface area contributed by atoms with Gasteiger partial charge in [0.25, 0.3) is 0 Å². The van der Waals surface area contributed by atoms with Crippen molar-refractivity contribution in [3.8, 4) is 0 Å². The molecule has 0 N–H and O–H groups in total. The molecule has 0 aromatic heterocycles. The molecule has 0 fully saturated rings. The number of hydrogen-bond donors (Lipinski definition) is 0.